The molecule has 0 saturated carbocycles. The highest BCUT2D eigenvalue weighted by molar-refractivity contribution is 5.95. The Labute approximate surface area is 121 Å². The van der Waals surface area contributed by atoms with Crippen molar-refractivity contribution in [2.45, 2.75) is 6.42 Å². The van der Waals surface area contributed by atoms with Gasteiger partial charge in [-0.25, -0.2) is 9.18 Å². The summed E-state index contributed by atoms with van der Waals surface area (Å²) in [6.07, 6.45) is 2.33. The molecule has 1 fully saturated rings. The number of hydrogen-bond acceptors (Lipinski definition) is 4. The van der Waals surface area contributed by atoms with Gasteiger partial charge in [0.15, 0.2) is 0 Å². The molecule has 1 aliphatic rings. The summed E-state index contributed by atoms with van der Waals surface area (Å²) < 4.78 is 23.5. The Bertz CT molecular complexity index is 618. The van der Waals surface area contributed by atoms with E-state index < -0.39 is 5.97 Å². The number of carbonyl (C=O) groups is 1. The minimum atomic E-state index is -0.435. The summed E-state index contributed by atoms with van der Waals surface area (Å²) in [5.41, 5.74) is 1.56. The first-order chi connectivity index (χ1) is 10.2. The molecule has 1 aromatic carbocycles. The third-order valence-corrected chi connectivity index (χ3v) is 3.47. The third-order valence-electron chi connectivity index (χ3n) is 3.47. The van der Waals surface area contributed by atoms with Crippen molar-refractivity contribution in [2.24, 2.45) is 5.92 Å². The molecule has 6 heteroatoms. The Kier molecular flexibility index (Phi) is 3.96. The lowest BCUT2D eigenvalue weighted by Crippen LogP contribution is -2.14. The number of aromatic amines is 1. The maximum Gasteiger partial charge on any atom is 0.341 e. The lowest BCUT2D eigenvalue weighted by Gasteiger charge is -2.09. The minimum Gasteiger partial charge on any atom is -0.462 e. The summed E-state index contributed by atoms with van der Waals surface area (Å²) in [5, 5.41) is 6.63. The summed E-state index contributed by atoms with van der Waals surface area (Å²) in [5.74, 6) is -0.506. The molecule has 3 rings (SSSR count). The quantitative estimate of drug-likeness (QED) is 0.878. The molecule has 1 saturated heterocycles. The molecule has 0 unspecified atom stereocenters. The van der Waals surface area contributed by atoms with Crippen LogP contribution in [0.2, 0.25) is 0 Å². The SMILES string of the molecule is O=C(OC[C@@H]1CCOC1)c1cn[nH]c1-c1ccc(F)cc1. The van der Waals surface area contributed by atoms with Crippen LogP contribution in [-0.2, 0) is 9.47 Å². The fourth-order valence-electron chi connectivity index (χ4n) is 2.26. The molecule has 0 radical (unpaired) electrons. The minimum absolute atomic E-state index is 0.259. The molecule has 110 valence electrons. The smallest absolute Gasteiger partial charge is 0.341 e. The Morgan fingerprint density at radius 1 is 1.43 bits per heavy atom. The van der Waals surface area contributed by atoms with Crippen LogP contribution in [0.3, 0.4) is 0 Å². The summed E-state index contributed by atoms with van der Waals surface area (Å²) >= 11 is 0. The van der Waals surface area contributed by atoms with Gasteiger partial charge in [0.25, 0.3) is 0 Å². The second-order valence-electron chi connectivity index (χ2n) is 4.99. The van der Waals surface area contributed by atoms with Crippen LogP contribution in [0.5, 0.6) is 0 Å². The van der Waals surface area contributed by atoms with Gasteiger partial charge in [-0.05, 0) is 30.7 Å². The largest absolute Gasteiger partial charge is 0.462 e. The van der Waals surface area contributed by atoms with Crippen LogP contribution >= 0.6 is 0 Å². The zero-order valence-electron chi connectivity index (χ0n) is 11.3. The molecule has 1 aliphatic heterocycles. The van der Waals surface area contributed by atoms with Crippen LogP contribution in [0.1, 0.15) is 16.8 Å². The average molecular weight is 290 g/mol. The van der Waals surface area contributed by atoms with Gasteiger partial charge < -0.3 is 9.47 Å². The third kappa shape index (κ3) is 3.11. The Balaban J connectivity index is 1.72. The van der Waals surface area contributed by atoms with Gasteiger partial charge in [0.05, 0.1) is 25.1 Å². The molecule has 2 aromatic rings. The number of aromatic nitrogens is 2. The fraction of sp³-hybridized carbons (Fsp3) is 0.333. The van der Waals surface area contributed by atoms with E-state index in [0.717, 1.165) is 13.0 Å². The topological polar surface area (TPSA) is 64.2 Å². The predicted octanol–water partition coefficient (Wildman–Crippen LogP) is 2.41. The van der Waals surface area contributed by atoms with Crippen molar-refractivity contribution >= 4 is 5.97 Å². The van der Waals surface area contributed by atoms with Crippen molar-refractivity contribution in [1.82, 2.24) is 10.2 Å². The summed E-state index contributed by atoms with van der Waals surface area (Å²) in [4.78, 5) is 12.1. The van der Waals surface area contributed by atoms with Crippen molar-refractivity contribution < 1.29 is 18.7 Å². The highest BCUT2D eigenvalue weighted by atomic mass is 19.1. The van der Waals surface area contributed by atoms with E-state index in [1.54, 1.807) is 12.1 Å². The number of nitrogens with one attached hydrogen (secondary N) is 1. The van der Waals surface area contributed by atoms with E-state index in [1.807, 2.05) is 0 Å². The maximum atomic E-state index is 13.0. The van der Waals surface area contributed by atoms with Crippen LogP contribution in [0.25, 0.3) is 11.3 Å². The zero-order valence-corrected chi connectivity index (χ0v) is 11.3. The molecule has 5 nitrogen and oxygen atoms in total. The predicted molar refractivity (Wildman–Crippen MR) is 73.2 cm³/mol. The molecule has 0 bridgehead atoms. The van der Waals surface area contributed by atoms with Crippen molar-refractivity contribution in [2.75, 3.05) is 19.8 Å². The number of esters is 1. The van der Waals surface area contributed by atoms with Gasteiger partial charge in [-0.3, -0.25) is 5.10 Å². The normalized spacial score (nSPS) is 17.9. The first kappa shape index (κ1) is 13.8. The molecule has 2 heterocycles. The zero-order chi connectivity index (χ0) is 14.7. The van der Waals surface area contributed by atoms with Crippen LogP contribution in [0, 0.1) is 11.7 Å². The van der Waals surface area contributed by atoms with Crippen LogP contribution in [0.4, 0.5) is 4.39 Å². The van der Waals surface area contributed by atoms with Crippen molar-refractivity contribution in [3.63, 3.8) is 0 Å². The monoisotopic (exact) mass is 290 g/mol. The Morgan fingerprint density at radius 3 is 2.95 bits per heavy atom. The van der Waals surface area contributed by atoms with Gasteiger partial charge in [-0.2, -0.15) is 5.10 Å². The van der Waals surface area contributed by atoms with E-state index in [-0.39, 0.29) is 11.7 Å². The molecular formula is C15H15FN2O3. The van der Waals surface area contributed by atoms with Gasteiger partial charge in [-0.15, -0.1) is 0 Å². The number of ether oxygens (including phenoxy) is 2. The van der Waals surface area contributed by atoms with Gasteiger partial charge in [0.2, 0.25) is 0 Å². The van der Waals surface area contributed by atoms with E-state index in [9.17, 15) is 9.18 Å². The van der Waals surface area contributed by atoms with Crippen LogP contribution in [0.15, 0.2) is 30.5 Å². The average Bonchev–Trinajstić information content (AvgIpc) is 3.17. The highest BCUT2D eigenvalue weighted by Crippen LogP contribution is 2.22. The second kappa shape index (κ2) is 6.05. The Hall–Kier alpha value is -2.21. The van der Waals surface area contributed by atoms with Gasteiger partial charge in [-0.1, -0.05) is 0 Å². The first-order valence-electron chi connectivity index (χ1n) is 6.78. The first-order valence-corrected chi connectivity index (χ1v) is 6.78. The van der Waals surface area contributed by atoms with Crippen LogP contribution in [-0.4, -0.2) is 36.0 Å². The number of nitrogens with zero attached hydrogens (tertiary/aromatic N) is 1. The number of benzene rings is 1. The lowest BCUT2D eigenvalue weighted by molar-refractivity contribution is 0.0429. The Morgan fingerprint density at radius 2 is 2.24 bits per heavy atom. The van der Waals surface area contributed by atoms with Gasteiger partial charge in [0.1, 0.15) is 11.4 Å². The number of hydrogen-bond donors (Lipinski definition) is 1. The van der Waals surface area contributed by atoms with E-state index in [2.05, 4.69) is 10.2 Å². The number of halogens is 1. The fourth-order valence-corrected chi connectivity index (χ4v) is 2.26. The standard InChI is InChI=1S/C15H15FN2O3/c16-12-3-1-11(2-4-12)14-13(7-17-18-14)15(19)21-9-10-5-6-20-8-10/h1-4,7,10H,5-6,8-9H2,(H,17,18)/t10-/m1/s1. The van der Waals surface area contributed by atoms with Crippen LogP contribution < -0.4 is 0 Å². The maximum absolute atomic E-state index is 13.0. The summed E-state index contributed by atoms with van der Waals surface area (Å²) in [6, 6.07) is 5.84. The summed E-state index contributed by atoms with van der Waals surface area (Å²) in [6.45, 7) is 1.69. The molecular weight excluding hydrogens is 275 g/mol. The molecule has 0 amide bonds. The molecule has 0 aliphatic carbocycles. The highest BCUT2D eigenvalue weighted by Gasteiger charge is 2.21. The number of H-pyrrole nitrogens is 1. The van der Waals surface area contributed by atoms with E-state index in [1.165, 1.54) is 18.3 Å². The number of rotatable bonds is 4. The molecule has 1 N–H and O–H groups in total. The molecule has 1 atom stereocenters. The molecule has 1 aromatic heterocycles. The van der Waals surface area contributed by atoms with E-state index >= 15 is 0 Å². The number of carbonyl (C=O) groups excluding carboxylic acids is 1. The molecule has 21 heavy (non-hydrogen) atoms. The summed E-state index contributed by atoms with van der Waals surface area (Å²) in [7, 11) is 0. The molecule has 0 spiro atoms. The van der Waals surface area contributed by atoms with Crippen molar-refractivity contribution in [3.05, 3.63) is 41.8 Å². The van der Waals surface area contributed by atoms with Crippen molar-refractivity contribution in [1.29, 1.82) is 0 Å². The van der Waals surface area contributed by atoms with Crippen molar-refractivity contribution in [3.8, 4) is 11.3 Å². The van der Waals surface area contributed by atoms with E-state index in [0.29, 0.717) is 30.0 Å². The van der Waals surface area contributed by atoms with E-state index in [4.69, 9.17) is 9.47 Å². The van der Waals surface area contributed by atoms with Gasteiger partial charge >= 0.3 is 5.97 Å². The lowest BCUT2D eigenvalue weighted by atomic mass is 10.1. The van der Waals surface area contributed by atoms with Gasteiger partial charge in [0, 0.05) is 18.1 Å². The second-order valence-corrected chi connectivity index (χ2v) is 4.99.